The Balaban J connectivity index is 1.41. The number of hydrogen-bond donors (Lipinski definition) is 3. The first-order valence-corrected chi connectivity index (χ1v) is 9.91. The number of amides is 2. The largest absolute Gasteiger partial charge is 0.334 e. The average molecular weight is 435 g/mol. The number of nitrogens with one attached hydrogen (secondary N) is 3. The van der Waals surface area contributed by atoms with Crippen LogP contribution >= 0.6 is 11.6 Å². The molecule has 0 unspecified atom stereocenters. The lowest BCUT2D eigenvalue weighted by Gasteiger charge is -2.09. The lowest BCUT2D eigenvalue weighted by Crippen LogP contribution is -2.34. The van der Waals surface area contributed by atoms with Gasteiger partial charge in [0.2, 0.25) is 0 Å². The van der Waals surface area contributed by atoms with Gasteiger partial charge in [0.15, 0.2) is 5.82 Å². The molecular formula is C22H19ClN6O2. The molecule has 3 heterocycles. The SMILES string of the molecule is O=C(NCc1ccnc(-n2[nH]cc(-c3cccnc3)c2=O)c1)NCc1ccccc1Cl. The Bertz CT molecular complexity index is 1250. The number of halogens is 1. The summed E-state index contributed by atoms with van der Waals surface area (Å²) in [5, 5.41) is 9.08. The monoisotopic (exact) mass is 434 g/mol. The highest BCUT2D eigenvalue weighted by Crippen LogP contribution is 2.15. The Morgan fingerprint density at radius 3 is 2.71 bits per heavy atom. The van der Waals surface area contributed by atoms with Crippen LogP contribution in [0.2, 0.25) is 5.02 Å². The number of hydrogen-bond acceptors (Lipinski definition) is 4. The molecule has 0 aliphatic heterocycles. The van der Waals surface area contributed by atoms with E-state index in [2.05, 4.69) is 25.7 Å². The van der Waals surface area contributed by atoms with E-state index >= 15 is 0 Å². The number of aromatic nitrogens is 4. The lowest BCUT2D eigenvalue weighted by molar-refractivity contribution is 0.240. The van der Waals surface area contributed by atoms with E-state index in [1.807, 2.05) is 24.3 Å². The molecule has 0 radical (unpaired) electrons. The van der Waals surface area contributed by atoms with Crippen LogP contribution in [0.15, 0.2) is 78.1 Å². The maximum Gasteiger partial charge on any atom is 0.315 e. The van der Waals surface area contributed by atoms with E-state index in [4.69, 9.17) is 11.6 Å². The molecule has 4 aromatic rings. The number of pyridine rings is 2. The van der Waals surface area contributed by atoms with Gasteiger partial charge in [-0.2, -0.15) is 0 Å². The molecule has 8 nitrogen and oxygen atoms in total. The highest BCUT2D eigenvalue weighted by Gasteiger charge is 2.11. The van der Waals surface area contributed by atoms with E-state index in [0.717, 1.165) is 16.7 Å². The zero-order valence-corrected chi connectivity index (χ0v) is 17.1. The second-order valence-corrected chi connectivity index (χ2v) is 7.13. The van der Waals surface area contributed by atoms with Gasteiger partial charge in [0.1, 0.15) is 0 Å². The smallest absolute Gasteiger partial charge is 0.315 e. The van der Waals surface area contributed by atoms with Crippen LogP contribution in [0.5, 0.6) is 0 Å². The van der Waals surface area contributed by atoms with Gasteiger partial charge in [-0.25, -0.2) is 14.5 Å². The number of aromatic amines is 1. The first-order valence-electron chi connectivity index (χ1n) is 9.53. The van der Waals surface area contributed by atoms with Crippen LogP contribution in [0, 0.1) is 0 Å². The second kappa shape index (κ2) is 9.27. The number of benzene rings is 1. The topological polar surface area (TPSA) is 105 Å². The molecule has 0 saturated heterocycles. The minimum atomic E-state index is -0.325. The summed E-state index contributed by atoms with van der Waals surface area (Å²) in [6.45, 7) is 0.594. The highest BCUT2D eigenvalue weighted by molar-refractivity contribution is 6.31. The van der Waals surface area contributed by atoms with Crippen LogP contribution in [0.4, 0.5) is 4.79 Å². The number of carbonyl (C=O) groups excluding carboxylic acids is 1. The van der Waals surface area contributed by atoms with Gasteiger partial charge in [-0.3, -0.25) is 14.9 Å². The lowest BCUT2D eigenvalue weighted by atomic mass is 10.2. The fourth-order valence-electron chi connectivity index (χ4n) is 3.02. The number of nitrogens with zero attached hydrogens (tertiary/aromatic N) is 3. The molecule has 0 atom stereocenters. The summed E-state index contributed by atoms with van der Waals surface area (Å²) in [7, 11) is 0. The molecule has 0 aliphatic carbocycles. The van der Waals surface area contributed by atoms with E-state index in [9.17, 15) is 9.59 Å². The van der Waals surface area contributed by atoms with Crippen molar-refractivity contribution in [3.05, 3.63) is 99.8 Å². The molecule has 2 amide bonds. The van der Waals surface area contributed by atoms with Crippen molar-refractivity contribution in [3.8, 4) is 16.9 Å². The van der Waals surface area contributed by atoms with Gasteiger partial charge < -0.3 is 10.6 Å². The van der Waals surface area contributed by atoms with E-state index in [1.54, 1.807) is 49.1 Å². The third-order valence-corrected chi connectivity index (χ3v) is 5.00. The second-order valence-electron chi connectivity index (χ2n) is 6.72. The van der Waals surface area contributed by atoms with Gasteiger partial charge in [-0.05, 0) is 35.4 Å². The Hall–Kier alpha value is -3.91. The van der Waals surface area contributed by atoms with Gasteiger partial charge in [-0.15, -0.1) is 0 Å². The third-order valence-electron chi connectivity index (χ3n) is 4.63. The summed E-state index contributed by atoms with van der Waals surface area (Å²) in [6.07, 6.45) is 6.49. The van der Waals surface area contributed by atoms with Crippen molar-refractivity contribution >= 4 is 17.6 Å². The molecule has 156 valence electrons. The quantitative estimate of drug-likeness (QED) is 0.433. The van der Waals surface area contributed by atoms with Crippen molar-refractivity contribution in [2.75, 3.05) is 0 Å². The predicted octanol–water partition coefficient (Wildman–Crippen LogP) is 3.28. The summed E-state index contributed by atoms with van der Waals surface area (Å²) in [6, 6.07) is 14.1. The molecule has 31 heavy (non-hydrogen) atoms. The maximum absolute atomic E-state index is 12.8. The first kappa shape index (κ1) is 20.4. The van der Waals surface area contributed by atoms with Crippen LogP contribution < -0.4 is 16.2 Å². The van der Waals surface area contributed by atoms with Crippen LogP contribution in [0.3, 0.4) is 0 Å². The third kappa shape index (κ3) is 4.81. The normalized spacial score (nSPS) is 10.6. The minimum Gasteiger partial charge on any atom is -0.334 e. The Labute approximate surface area is 182 Å². The standard InChI is InChI=1S/C22H19ClN6O2/c23-19-6-2-1-4-17(19)13-27-22(31)26-11-15-7-9-25-20(10-15)29-21(30)18(14-28-29)16-5-3-8-24-12-16/h1-10,12,14,28H,11,13H2,(H2,26,27,31). The fourth-order valence-corrected chi connectivity index (χ4v) is 3.23. The van der Waals surface area contributed by atoms with Crippen LogP contribution in [-0.4, -0.2) is 25.8 Å². The van der Waals surface area contributed by atoms with Crippen LogP contribution in [-0.2, 0) is 13.1 Å². The van der Waals surface area contributed by atoms with Crippen LogP contribution in [0.1, 0.15) is 11.1 Å². The molecule has 0 bridgehead atoms. The molecule has 0 aliphatic rings. The zero-order valence-electron chi connectivity index (χ0n) is 16.4. The molecule has 4 rings (SSSR count). The van der Waals surface area contributed by atoms with E-state index < -0.39 is 0 Å². The molecule has 3 N–H and O–H groups in total. The molecular weight excluding hydrogens is 416 g/mol. The summed E-state index contributed by atoms with van der Waals surface area (Å²) in [4.78, 5) is 33.2. The van der Waals surface area contributed by atoms with Crippen molar-refractivity contribution < 1.29 is 4.79 Å². The molecule has 0 spiro atoms. The Morgan fingerprint density at radius 1 is 1.06 bits per heavy atom. The average Bonchev–Trinajstić information content (AvgIpc) is 3.19. The fraction of sp³-hybridized carbons (Fsp3) is 0.0909. The zero-order chi connectivity index (χ0) is 21.6. The summed E-state index contributed by atoms with van der Waals surface area (Å²) in [5.74, 6) is 0.427. The van der Waals surface area contributed by atoms with Crippen molar-refractivity contribution in [2.45, 2.75) is 13.1 Å². The molecule has 0 saturated carbocycles. The Morgan fingerprint density at radius 2 is 1.90 bits per heavy atom. The van der Waals surface area contributed by atoms with E-state index in [-0.39, 0.29) is 18.1 Å². The van der Waals surface area contributed by atoms with Gasteiger partial charge in [0, 0.05) is 48.5 Å². The number of rotatable bonds is 6. The summed E-state index contributed by atoms with van der Waals surface area (Å²) < 4.78 is 1.35. The highest BCUT2D eigenvalue weighted by atomic mass is 35.5. The van der Waals surface area contributed by atoms with E-state index in [0.29, 0.717) is 22.9 Å². The molecule has 3 aromatic heterocycles. The Kier molecular flexibility index (Phi) is 6.09. The molecule has 9 heteroatoms. The van der Waals surface area contributed by atoms with Crippen molar-refractivity contribution in [1.82, 2.24) is 30.4 Å². The number of carbonyl (C=O) groups is 1. The van der Waals surface area contributed by atoms with Crippen LogP contribution in [0.25, 0.3) is 16.9 Å². The van der Waals surface area contributed by atoms with Gasteiger partial charge >= 0.3 is 6.03 Å². The molecule has 0 fully saturated rings. The number of urea groups is 1. The predicted molar refractivity (Wildman–Crippen MR) is 118 cm³/mol. The first-order chi connectivity index (χ1) is 15.1. The van der Waals surface area contributed by atoms with Crippen molar-refractivity contribution in [1.29, 1.82) is 0 Å². The van der Waals surface area contributed by atoms with E-state index in [1.165, 1.54) is 4.68 Å². The summed E-state index contributed by atoms with van der Waals surface area (Å²) >= 11 is 6.10. The minimum absolute atomic E-state index is 0.233. The van der Waals surface area contributed by atoms with Gasteiger partial charge in [-0.1, -0.05) is 35.9 Å². The number of H-pyrrole nitrogens is 1. The van der Waals surface area contributed by atoms with Gasteiger partial charge in [0.25, 0.3) is 5.56 Å². The van der Waals surface area contributed by atoms with Crippen molar-refractivity contribution in [3.63, 3.8) is 0 Å². The van der Waals surface area contributed by atoms with Crippen molar-refractivity contribution in [2.24, 2.45) is 0 Å². The summed E-state index contributed by atoms with van der Waals surface area (Å²) in [5.41, 5.74) is 2.61. The van der Waals surface area contributed by atoms with Gasteiger partial charge in [0.05, 0.1) is 5.56 Å². The molecule has 1 aromatic carbocycles. The maximum atomic E-state index is 12.8.